The topological polar surface area (TPSA) is 93.7 Å². The normalized spacial score (nSPS) is 12.9. The zero-order valence-electron chi connectivity index (χ0n) is 13.8. The summed E-state index contributed by atoms with van der Waals surface area (Å²) >= 11 is 0. The van der Waals surface area contributed by atoms with Gasteiger partial charge in [-0.3, -0.25) is 14.4 Å². The molecule has 0 aliphatic carbocycles. The molecule has 26 heavy (non-hydrogen) atoms. The number of ether oxygens (including phenoxy) is 2. The van der Waals surface area contributed by atoms with Crippen LogP contribution in [0.4, 0.5) is 17.1 Å². The number of rotatable bonds is 4. The van der Waals surface area contributed by atoms with Crippen LogP contribution < -0.4 is 31.0 Å². The van der Waals surface area contributed by atoms with Crippen molar-refractivity contribution in [1.82, 2.24) is 0 Å². The summed E-state index contributed by atoms with van der Waals surface area (Å²) in [7, 11) is 1.55. The number of benzene rings is 2. The van der Waals surface area contributed by atoms with E-state index in [9.17, 15) is 14.4 Å². The van der Waals surface area contributed by atoms with Gasteiger partial charge in [0.1, 0.15) is 17.2 Å². The van der Waals surface area contributed by atoms with Crippen LogP contribution in [0.2, 0.25) is 0 Å². The highest BCUT2D eigenvalue weighted by molar-refractivity contribution is 5.96. The number of amides is 1. The Balaban J connectivity index is 1.70. The molecule has 0 atom stereocenters. The van der Waals surface area contributed by atoms with E-state index in [0.29, 0.717) is 34.0 Å². The van der Waals surface area contributed by atoms with Crippen LogP contribution in [0, 0.1) is 0 Å². The first-order chi connectivity index (χ1) is 12.6. The van der Waals surface area contributed by atoms with Gasteiger partial charge >= 0.3 is 0 Å². The molecule has 3 aromatic rings. The van der Waals surface area contributed by atoms with E-state index in [2.05, 4.69) is 10.6 Å². The minimum atomic E-state index is -0.574. The van der Waals surface area contributed by atoms with Gasteiger partial charge in [-0.05, 0) is 29.8 Å². The summed E-state index contributed by atoms with van der Waals surface area (Å²) in [5.41, 5.74) is 1.11. The lowest BCUT2D eigenvalue weighted by Crippen LogP contribution is -2.35. The van der Waals surface area contributed by atoms with E-state index in [1.54, 1.807) is 49.6 Å². The fourth-order valence-corrected chi connectivity index (χ4v) is 2.86. The van der Waals surface area contributed by atoms with Crippen molar-refractivity contribution in [3.8, 4) is 22.6 Å². The molecule has 1 heterocycles. The second kappa shape index (κ2) is 6.03. The lowest BCUT2D eigenvalue weighted by Gasteiger charge is -2.20. The van der Waals surface area contributed by atoms with E-state index in [4.69, 9.17) is 9.47 Å². The minimum Gasteiger partial charge on any atom is -0.497 e. The average Bonchev–Trinajstić information content (AvgIpc) is 2.67. The third kappa shape index (κ3) is 2.59. The van der Waals surface area contributed by atoms with Gasteiger partial charge in [-0.25, -0.2) is 0 Å². The number of nitrogens with one attached hydrogen (secondary N) is 2. The Morgan fingerprint density at radius 3 is 2.73 bits per heavy atom. The molecule has 0 bridgehead atoms. The van der Waals surface area contributed by atoms with Crippen molar-refractivity contribution in [2.45, 2.75) is 0 Å². The molecule has 0 unspecified atom stereocenters. The second-order valence-electron chi connectivity index (χ2n) is 5.81. The highest BCUT2D eigenvalue weighted by atomic mass is 16.5. The molecule has 1 amide bonds. The molecule has 2 N–H and O–H groups in total. The van der Waals surface area contributed by atoms with Crippen LogP contribution >= 0.6 is 0 Å². The number of hydrogen-bond donors (Lipinski definition) is 2. The second-order valence-corrected chi connectivity index (χ2v) is 5.81. The molecule has 1 aliphatic heterocycles. The Hall–Kier alpha value is -3.61. The summed E-state index contributed by atoms with van der Waals surface area (Å²) in [5, 5.41) is 5.67. The number of fused-ring (bicyclic) bond motifs is 1. The highest BCUT2D eigenvalue weighted by Crippen LogP contribution is 2.35. The average molecular weight is 350 g/mol. The van der Waals surface area contributed by atoms with Crippen molar-refractivity contribution in [2.24, 2.45) is 0 Å². The standard InChI is InChI=1S/C19H14N2O5/c1-25-12-4-2-3-11(8-12)20-17-16(18(23)19(17)24)10-5-6-13-14(7-10)26-9-15(22)21-13/h2-8,20H,9H2,1H3,(H,21,22). The number of anilines is 3. The van der Waals surface area contributed by atoms with Crippen molar-refractivity contribution >= 4 is 23.0 Å². The van der Waals surface area contributed by atoms with Crippen LogP contribution in [0.25, 0.3) is 11.1 Å². The molecular weight excluding hydrogens is 336 g/mol. The largest absolute Gasteiger partial charge is 0.497 e. The number of carbonyl (C=O) groups excluding carboxylic acids is 1. The SMILES string of the molecule is COc1cccc(Nc2c(-c3ccc4c(c3)OCC(=O)N4)c(=O)c2=O)c1. The van der Waals surface area contributed by atoms with E-state index >= 15 is 0 Å². The van der Waals surface area contributed by atoms with Crippen LogP contribution in [-0.4, -0.2) is 19.6 Å². The Kier molecular flexibility index (Phi) is 3.69. The lowest BCUT2D eigenvalue weighted by molar-refractivity contribution is -0.118. The van der Waals surface area contributed by atoms with Gasteiger partial charge in [-0.15, -0.1) is 0 Å². The predicted molar refractivity (Wildman–Crippen MR) is 97.2 cm³/mol. The quantitative estimate of drug-likeness (QED) is 0.700. The Morgan fingerprint density at radius 1 is 1.08 bits per heavy atom. The van der Waals surface area contributed by atoms with Gasteiger partial charge in [0.25, 0.3) is 11.3 Å². The molecule has 1 aliphatic rings. The van der Waals surface area contributed by atoms with Crippen molar-refractivity contribution in [2.75, 3.05) is 24.4 Å². The molecule has 3 aromatic carbocycles. The van der Waals surface area contributed by atoms with Gasteiger partial charge in [-0.1, -0.05) is 12.1 Å². The van der Waals surface area contributed by atoms with Crippen molar-refractivity contribution in [1.29, 1.82) is 0 Å². The van der Waals surface area contributed by atoms with Crippen LogP contribution in [0.1, 0.15) is 0 Å². The molecule has 0 aromatic heterocycles. The predicted octanol–water partition coefficient (Wildman–Crippen LogP) is 2.03. The third-order valence-electron chi connectivity index (χ3n) is 4.15. The van der Waals surface area contributed by atoms with Gasteiger partial charge in [0, 0.05) is 11.8 Å². The van der Waals surface area contributed by atoms with Crippen molar-refractivity contribution in [3.63, 3.8) is 0 Å². The monoisotopic (exact) mass is 350 g/mol. The lowest BCUT2D eigenvalue weighted by atomic mass is 9.97. The van der Waals surface area contributed by atoms with E-state index < -0.39 is 10.9 Å². The fraction of sp³-hybridized carbons (Fsp3) is 0.105. The van der Waals surface area contributed by atoms with Gasteiger partial charge < -0.3 is 20.1 Å². The first-order valence-corrected chi connectivity index (χ1v) is 7.88. The van der Waals surface area contributed by atoms with Gasteiger partial charge in [0.2, 0.25) is 5.43 Å². The summed E-state index contributed by atoms with van der Waals surface area (Å²) in [5.74, 6) is 0.857. The zero-order chi connectivity index (χ0) is 18.3. The maximum absolute atomic E-state index is 12.1. The molecule has 7 heteroatoms. The van der Waals surface area contributed by atoms with Crippen LogP contribution in [0.15, 0.2) is 52.1 Å². The molecule has 130 valence electrons. The summed E-state index contributed by atoms with van der Waals surface area (Å²) in [6, 6.07) is 12.0. The van der Waals surface area contributed by atoms with E-state index in [-0.39, 0.29) is 18.2 Å². The van der Waals surface area contributed by atoms with Gasteiger partial charge in [-0.2, -0.15) is 0 Å². The van der Waals surface area contributed by atoms with Crippen LogP contribution in [0.3, 0.4) is 0 Å². The summed E-state index contributed by atoms with van der Waals surface area (Å²) in [6.07, 6.45) is 0. The van der Waals surface area contributed by atoms with E-state index in [1.807, 2.05) is 0 Å². The number of hydrogen-bond acceptors (Lipinski definition) is 6. The molecular formula is C19H14N2O5. The van der Waals surface area contributed by atoms with Crippen LogP contribution in [-0.2, 0) is 4.79 Å². The minimum absolute atomic E-state index is 0.0860. The van der Waals surface area contributed by atoms with Crippen molar-refractivity contribution < 1.29 is 14.3 Å². The van der Waals surface area contributed by atoms with E-state index in [1.165, 1.54) is 0 Å². The molecule has 0 radical (unpaired) electrons. The Morgan fingerprint density at radius 2 is 1.92 bits per heavy atom. The van der Waals surface area contributed by atoms with Gasteiger partial charge in [0.15, 0.2) is 6.61 Å². The van der Waals surface area contributed by atoms with Gasteiger partial charge in [0.05, 0.1) is 18.4 Å². The Bertz CT molecular complexity index is 1100. The first kappa shape index (κ1) is 15.9. The number of methoxy groups -OCH3 is 1. The Labute approximate surface area is 147 Å². The summed E-state index contributed by atoms with van der Waals surface area (Å²) < 4.78 is 10.5. The van der Waals surface area contributed by atoms with Crippen LogP contribution in [0.5, 0.6) is 11.5 Å². The molecule has 4 rings (SSSR count). The molecule has 0 saturated carbocycles. The highest BCUT2D eigenvalue weighted by Gasteiger charge is 2.24. The molecule has 0 spiro atoms. The number of carbonyl (C=O) groups is 1. The smallest absolute Gasteiger partial charge is 0.262 e. The summed E-state index contributed by atoms with van der Waals surface area (Å²) in [6.45, 7) is -0.0860. The van der Waals surface area contributed by atoms with Crippen molar-refractivity contribution in [3.05, 3.63) is 62.9 Å². The fourth-order valence-electron chi connectivity index (χ4n) is 2.86. The summed E-state index contributed by atoms with van der Waals surface area (Å²) in [4.78, 5) is 35.5. The maximum atomic E-state index is 12.1. The molecule has 7 nitrogen and oxygen atoms in total. The van der Waals surface area contributed by atoms with E-state index in [0.717, 1.165) is 0 Å². The zero-order valence-corrected chi connectivity index (χ0v) is 13.8. The maximum Gasteiger partial charge on any atom is 0.262 e. The molecule has 0 saturated heterocycles. The molecule has 0 fully saturated rings. The third-order valence-corrected chi connectivity index (χ3v) is 4.15. The first-order valence-electron chi connectivity index (χ1n) is 7.88.